The van der Waals surface area contributed by atoms with Crippen molar-refractivity contribution in [2.45, 2.75) is 225 Å². The molecule has 422 valence electrons. The number of hydrogen-bond acceptors (Lipinski definition) is 7. The summed E-state index contributed by atoms with van der Waals surface area (Å²) in [5.41, 5.74) is 0. The van der Waals surface area contributed by atoms with E-state index in [1.165, 1.54) is 70.6 Å². The monoisotopic (exact) mass is 1050 g/mol. The van der Waals surface area contributed by atoms with Gasteiger partial charge in [-0.2, -0.15) is 0 Å². The van der Waals surface area contributed by atoms with Gasteiger partial charge in [-0.25, -0.2) is 4.57 Å². The van der Waals surface area contributed by atoms with Crippen molar-refractivity contribution in [1.29, 1.82) is 0 Å². The van der Waals surface area contributed by atoms with E-state index in [2.05, 4.69) is 135 Å². The van der Waals surface area contributed by atoms with Gasteiger partial charge in [0.15, 0.2) is 6.10 Å². The Morgan fingerprint density at radius 2 is 0.730 bits per heavy atom. The van der Waals surface area contributed by atoms with E-state index in [9.17, 15) is 19.0 Å². The van der Waals surface area contributed by atoms with Crippen molar-refractivity contribution in [3.63, 3.8) is 0 Å². The van der Waals surface area contributed by atoms with E-state index >= 15 is 0 Å². The van der Waals surface area contributed by atoms with E-state index in [-0.39, 0.29) is 26.1 Å². The molecule has 10 heteroatoms. The first-order valence-corrected chi connectivity index (χ1v) is 30.8. The van der Waals surface area contributed by atoms with Crippen molar-refractivity contribution in [2.24, 2.45) is 0 Å². The molecular formula is C64H109NO8P+. The highest BCUT2D eigenvalue weighted by Gasteiger charge is 2.27. The summed E-state index contributed by atoms with van der Waals surface area (Å²) in [6.45, 7) is 4.16. The van der Waals surface area contributed by atoms with Gasteiger partial charge in [-0.3, -0.25) is 18.6 Å². The maximum absolute atomic E-state index is 12.8. The zero-order valence-electron chi connectivity index (χ0n) is 47.8. The minimum Gasteiger partial charge on any atom is -0.462 e. The molecule has 2 atom stereocenters. The summed E-state index contributed by atoms with van der Waals surface area (Å²) in [6.07, 6.45) is 77.0. The fraction of sp³-hybridized carbons (Fsp3) is 0.656. The number of phosphoric acid groups is 1. The van der Waals surface area contributed by atoms with Crippen LogP contribution in [0.2, 0.25) is 0 Å². The number of ether oxygens (including phenoxy) is 2. The molecule has 0 saturated carbocycles. The number of esters is 2. The Morgan fingerprint density at radius 3 is 1.08 bits per heavy atom. The standard InChI is InChI=1S/C64H108NO8P/c1-6-8-10-12-14-16-18-20-22-24-25-26-27-28-29-30-31-32-33-34-35-36-37-38-39-41-43-45-47-49-51-53-55-57-64(67)73-62(61-72-74(68,69)71-59-58-65(3,4)5)60-70-63(66)56-54-52-50-48-46-44-42-40-23-21-19-17-15-13-11-9-7-2/h8-11,14-17,20-23,25-26,28-29,31-32,42,44,62H,6-7,12-13,18-19,24,27,30,33-41,43,45-61H2,1-5H3/p+1/b10-8-,11-9-,16-14-,17-15-,22-20-,23-21-,26-25-,29-28-,32-31-,44-42-. The molecule has 0 bridgehead atoms. The lowest BCUT2D eigenvalue weighted by molar-refractivity contribution is -0.870. The highest BCUT2D eigenvalue weighted by molar-refractivity contribution is 7.47. The first-order chi connectivity index (χ1) is 36.0. The summed E-state index contributed by atoms with van der Waals surface area (Å²) >= 11 is 0. The molecule has 0 rings (SSSR count). The van der Waals surface area contributed by atoms with Gasteiger partial charge in [0.1, 0.15) is 19.8 Å². The number of likely N-dealkylation sites (N-methyl/N-ethyl adjacent to an activating group) is 1. The van der Waals surface area contributed by atoms with Crippen LogP contribution in [0.25, 0.3) is 0 Å². The second-order valence-electron chi connectivity index (χ2n) is 20.3. The molecule has 0 amide bonds. The van der Waals surface area contributed by atoms with Crippen molar-refractivity contribution in [1.82, 2.24) is 0 Å². The number of unbranched alkanes of at least 4 members (excludes halogenated alkanes) is 18. The molecule has 0 heterocycles. The Morgan fingerprint density at radius 1 is 0.419 bits per heavy atom. The summed E-state index contributed by atoms with van der Waals surface area (Å²) in [5.74, 6) is -0.832. The highest BCUT2D eigenvalue weighted by Crippen LogP contribution is 2.43. The highest BCUT2D eigenvalue weighted by atomic mass is 31.2. The summed E-state index contributed by atoms with van der Waals surface area (Å²) in [6, 6.07) is 0. The minimum atomic E-state index is -4.40. The number of phosphoric ester groups is 1. The van der Waals surface area contributed by atoms with Crippen LogP contribution >= 0.6 is 7.82 Å². The van der Waals surface area contributed by atoms with E-state index in [1.54, 1.807) is 0 Å². The van der Waals surface area contributed by atoms with Crippen LogP contribution in [0, 0.1) is 0 Å². The summed E-state index contributed by atoms with van der Waals surface area (Å²) in [5, 5.41) is 0. The molecule has 0 aliphatic rings. The first kappa shape index (κ1) is 70.4. The topological polar surface area (TPSA) is 108 Å². The van der Waals surface area contributed by atoms with Crippen LogP contribution in [-0.2, 0) is 32.7 Å². The Hall–Kier alpha value is -3.59. The van der Waals surface area contributed by atoms with Crippen molar-refractivity contribution in [2.75, 3.05) is 47.5 Å². The Labute approximate surface area is 454 Å². The molecule has 0 aliphatic carbocycles. The second kappa shape index (κ2) is 54.2. The molecule has 0 radical (unpaired) electrons. The molecule has 0 aromatic rings. The van der Waals surface area contributed by atoms with Crippen molar-refractivity contribution in [3.8, 4) is 0 Å². The third-order valence-electron chi connectivity index (χ3n) is 12.0. The predicted octanol–water partition coefficient (Wildman–Crippen LogP) is 18.4. The number of carbonyl (C=O) groups excluding carboxylic acids is 2. The van der Waals surface area contributed by atoms with Gasteiger partial charge in [-0.15, -0.1) is 0 Å². The Kier molecular flexibility index (Phi) is 51.6. The fourth-order valence-electron chi connectivity index (χ4n) is 7.54. The van der Waals surface area contributed by atoms with Crippen LogP contribution in [-0.4, -0.2) is 74.9 Å². The molecule has 0 saturated heterocycles. The van der Waals surface area contributed by atoms with E-state index in [4.69, 9.17) is 18.5 Å². The van der Waals surface area contributed by atoms with Crippen LogP contribution in [0.1, 0.15) is 219 Å². The lowest BCUT2D eigenvalue weighted by Gasteiger charge is -2.24. The van der Waals surface area contributed by atoms with Crippen molar-refractivity contribution < 1.29 is 42.1 Å². The van der Waals surface area contributed by atoms with Gasteiger partial charge in [0.25, 0.3) is 0 Å². The predicted molar refractivity (Wildman–Crippen MR) is 316 cm³/mol. The largest absolute Gasteiger partial charge is 0.472 e. The fourth-order valence-corrected chi connectivity index (χ4v) is 8.28. The van der Waals surface area contributed by atoms with Gasteiger partial charge in [0.2, 0.25) is 0 Å². The third kappa shape index (κ3) is 57.7. The number of rotatable bonds is 52. The van der Waals surface area contributed by atoms with E-state index in [0.717, 1.165) is 109 Å². The number of nitrogens with zero attached hydrogens (tertiary/aromatic N) is 1. The second-order valence-corrected chi connectivity index (χ2v) is 21.7. The molecule has 0 fully saturated rings. The molecule has 0 aromatic heterocycles. The summed E-state index contributed by atoms with van der Waals surface area (Å²) < 4.78 is 34.5. The van der Waals surface area contributed by atoms with Crippen molar-refractivity contribution in [3.05, 3.63) is 122 Å². The molecule has 0 aliphatic heterocycles. The number of quaternary nitrogens is 1. The smallest absolute Gasteiger partial charge is 0.462 e. The lowest BCUT2D eigenvalue weighted by Crippen LogP contribution is -2.37. The van der Waals surface area contributed by atoms with Crippen molar-refractivity contribution >= 4 is 19.8 Å². The zero-order valence-corrected chi connectivity index (χ0v) is 48.7. The minimum absolute atomic E-state index is 0.0217. The maximum atomic E-state index is 12.8. The molecule has 9 nitrogen and oxygen atoms in total. The van der Waals surface area contributed by atoms with Gasteiger partial charge >= 0.3 is 19.8 Å². The molecule has 0 aromatic carbocycles. The van der Waals surface area contributed by atoms with Crippen LogP contribution in [0.4, 0.5) is 0 Å². The average molecular weight is 1050 g/mol. The van der Waals surface area contributed by atoms with Gasteiger partial charge in [-0.1, -0.05) is 225 Å². The molecule has 74 heavy (non-hydrogen) atoms. The Bertz CT molecular complexity index is 1660. The van der Waals surface area contributed by atoms with Crippen LogP contribution in [0.3, 0.4) is 0 Å². The quantitative estimate of drug-likeness (QED) is 0.0211. The van der Waals surface area contributed by atoms with E-state index in [0.29, 0.717) is 23.9 Å². The average Bonchev–Trinajstić information content (AvgIpc) is 3.36. The third-order valence-corrected chi connectivity index (χ3v) is 13.0. The normalized spacial score (nSPS) is 14.2. The SMILES string of the molecule is CC/C=C\C/C=C\C/C=C\C/C=C\C/C=C\C/C=C\CCCCCCCCCCCCCCCCC(=O)OC(COC(=O)CCCCCC/C=C\C/C=C\C/C=C\C/C=C\CC)COP(=O)(O)OCC[N+](C)(C)C. The van der Waals surface area contributed by atoms with Gasteiger partial charge in [0.05, 0.1) is 27.7 Å². The van der Waals surface area contributed by atoms with Crippen LogP contribution in [0.15, 0.2) is 122 Å². The lowest BCUT2D eigenvalue weighted by atomic mass is 10.0. The first-order valence-electron chi connectivity index (χ1n) is 29.3. The van der Waals surface area contributed by atoms with E-state index < -0.39 is 32.5 Å². The van der Waals surface area contributed by atoms with Crippen LogP contribution < -0.4 is 0 Å². The van der Waals surface area contributed by atoms with Crippen LogP contribution in [0.5, 0.6) is 0 Å². The van der Waals surface area contributed by atoms with E-state index in [1.807, 2.05) is 21.1 Å². The maximum Gasteiger partial charge on any atom is 0.472 e. The molecular weight excluding hydrogens is 942 g/mol. The number of allylic oxidation sites excluding steroid dienone is 20. The summed E-state index contributed by atoms with van der Waals surface area (Å²) in [7, 11) is 1.45. The Balaban J connectivity index is 4.14. The molecule has 2 unspecified atom stereocenters. The van der Waals surface area contributed by atoms with Gasteiger partial charge in [-0.05, 0) is 103 Å². The summed E-state index contributed by atoms with van der Waals surface area (Å²) in [4.78, 5) is 35.7. The molecule has 1 N–H and O–H groups in total. The zero-order chi connectivity index (χ0) is 54.2. The number of hydrogen-bond donors (Lipinski definition) is 1. The molecule has 0 spiro atoms. The number of carbonyl (C=O) groups is 2. The van der Waals surface area contributed by atoms with Gasteiger partial charge < -0.3 is 18.9 Å². The van der Waals surface area contributed by atoms with Gasteiger partial charge in [0, 0.05) is 12.8 Å².